The molecule has 266 valence electrons. The molecule has 2 heterocycles. The summed E-state index contributed by atoms with van der Waals surface area (Å²) in [6.07, 6.45) is 2.35. The lowest BCUT2D eigenvalue weighted by Gasteiger charge is -2.42. The van der Waals surface area contributed by atoms with Crippen LogP contribution in [0.2, 0.25) is 0 Å². The van der Waals surface area contributed by atoms with Crippen LogP contribution in [0.15, 0.2) is 158 Å². The summed E-state index contributed by atoms with van der Waals surface area (Å²) < 4.78 is 2.43. The van der Waals surface area contributed by atoms with Crippen LogP contribution in [0.1, 0.15) is 51.7 Å². The molecule has 1 aliphatic carbocycles. The first kappa shape index (κ1) is 33.2. The fourth-order valence-electron chi connectivity index (χ4n) is 8.74. The van der Waals surface area contributed by atoms with Gasteiger partial charge in [0.2, 0.25) is 0 Å². The molecule has 0 amide bonds. The summed E-state index contributed by atoms with van der Waals surface area (Å²) in [6.45, 7) is 9.62. The maximum atomic E-state index is 5.24. The van der Waals surface area contributed by atoms with Crippen LogP contribution in [0.5, 0.6) is 0 Å². The fourth-order valence-corrected chi connectivity index (χ4v) is 8.74. The van der Waals surface area contributed by atoms with Gasteiger partial charge in [0.05, 0.1) is 11.0 Å². The Balaban J connectivity index is 1.18. The SMILES string of the molecule is CC1(C)CCC(C)(C)c2cc3c(cc21)c1ccccc1n3-c1cccc(-c2nc(-c3cccc(-c4ccccc4)c3)nc(-c3cccc4ccccc34)n2)c1. The number of fused-ring (bicyclic) bond motifs is 5. The standard InChI is InChI=1S/C51H42N4/c1-50(2)27-28-51(3,4)44-32-46-42(31-43(44)50)40-24-10-11-26-45(40)55(46)38-22-13-21-37(30-38)48-52-47(36-20-12-19-35(29-36)33-15-6-5-7-16-33)53-49(54-48)41-25-14-18-34-17-8-9-23-39(34)41/h5-26,29-32H,27-28H2,1-4H3. The molecule has 0 fully saturated rings. The summed E-state index contributed by atoms with van der Waals surface area (Å²) in [5.41, 5.74) is 11.8. The van der Waals surface area contributed by atoms with E-state index in [9.17, 15) is 0 Å². The van der Waals surface area contributed by atoms with Crippen molar-refractivity contribution in [3.8, 4) is 51.0 Å². The number of hydrogen-bond acceptors (Lipinski definition) is 3. The van der Waals surface area contributed by atoms with E-state index in [0.717, 1.165) is 44.3 Å². The van der Waals surface area contributed by atoms with Gasteiger partial charge in [-0.1, -0.05) is 149 Å². The van der Waals surface area contributed by atoms with Crippen LogP contribution >= 0.6 is 0 Å². The maximum Gasteiger partial charge on any atom is 0.164 e. The number of para-hydroxylation sites is 1. The summed E-state index contributed by atoms with van der Waals surface area (Å²) in [7, 11) is 0. The third kappa shape index (κ3) is 5.63. The highest BCUT2D eigenvalue weighted by Crippen LogP contribution is 2.48. The van der Waals surface area contributed by atoms with Crippen molar-refractivity contribution in [1.82, 2.24) is 19.5 Å². The molecule has 0 radical (unpaired) electrons. The molecule has 4 heteroatoms. The molecule has 0 atom stereocenters. The van der Waals surface area contributed by atoms with Crippen LogP contribution in [-0.4, -0.2) is 19.5 Å². The normalized spacial score (nSPS) is 14.7. The highest BCUT2D eigenvalue weighted by Gasteiger charge is 2.38. The lowest BCUT2D eigenvalue weighted by Crippen LogP contribution is -2.33. The number of benzene rings is 7. The van der Waals surface area contributed by atoms with Crippen molar-refractivity contribution in [2.75, 3.05) is 0 Å². The smallest absolute Gasteiger partial charge is 0.164 e. The molecule has 0 aliphatic heterocycles. The van der Waals surface area contributed by atoms with E-state index < -0.39 is 0 Å². The average Bonchev–Trinajstić information content (AvgIpc) is 3.56. The van der Waals surface area contributed by atoms with Crippen LogP contribution in [0.3, 0.4) is 0 Å². The summed E-state index contributed by atoms with van der Waals surface area (Å²) in [5, 5.41) is 4.82. The summed E-state index contributed by atoms with van der Waals surface area (Å²) in [4.78, 5) is 15.6. The molecule has 10 rings (SSSR count). The lowest BCUT2D eigenvalue weighted by atomic mass is 9.63. The van der Waals surface area contributed by atoms with Crippen LogP contribution in [0.4, 0.5) is 0 Å². The molecule has 0 unspecified atom stereocenters. The summed E-state index contributed by atoms with van der Waals surface area (Å²) in [5.74, 6) is 1.94. The zero-order chi connectivity index (χ0) is 37.3. The van der Waals surface area contributed by atoms with Crippen molar-refractivity contribution < 1.29 is 0 Å². The number of rotatable bonds is 5. The quantitative estimate of drug-likeness (QED) is 0.179. The van der Waals surface area contributed by atoms with Gasteiger partial charge in [-0.05, 0) is 93.1 Å². The van der Waals surface area contributed by atoms with Gasteiger partial charge in [-0.15, -0.1) is 0 Å². The Morgan fingerprint density at radius 1 is 0.418 bits per heavy atom. The van der Waals surface area contributed by atoms with Gasteiger partial charge in [-0.25, -0.2) is 15.0 Å². The Morgan fingerprint density at radius 3 is 1.76 bits per heavy atom. The molecule has 1 aliphatic rings. The third-order valence-corrected chi connectivity index (χ3v) is 11.9. The van der Waals surface area contributed by atoms with Crippen molar-refractivity contribution >= 4 is 32.6 Å². The summed E-state index contributed by atoms with van der Waals surface area (Å²) in [6, 6.07) is 56.2. The molecule has 7 aromatic carbocycles. The zero-order valence-electron chi connectivity index (χ0n) is 31.7. The lowest BCUT2D eigenvalue weighted by molar-refractivity contribution is 0.332. The molecular weight excluding hydrogens is 669 g/mol. The van der Waals surface area contributed by atoms with Crippen LogP contribution < -0.4 is 0 Å². The number of hydrogen-bond donors (Lipinski definition) is 0. The Hall–Kier alpha value is -6.39. The first-order chi connectivity index (χ1) is 26.7. The molecule has 0 saturated carbocycles. The second-order valence-corrected chi connectivity index (χ2v) is 16.4. The fraction of sp³-hybridized carbons (Fsp3) is 0.157. The van der Waals surface area contributed by atoms with Gasteiger partial charge in [0.25, 0.3) is 0 Å². The van der Waals surface area contributed by atoms with Crippen molar-refractivity contribution in [3.05, 3.63) is 169 Å². The molecule has 55 heavy (non-hydrogen) atoms. The van der Waals surface area contributed by atoms with Crippen LogP contribution in [-0.2, 0) is 10.8 Å². The predicted molar refractivity (Wildman–Crippen MR) is 229 cm³/mol. The van der Waals surface area contributed by atoms with Gasteiger partial charge in [0, 0.05) is 33.2 Å². The van der Waals surface area contributed by atoms with Gasteiger partial charge >= 0.3 is 0 Å². The van der Waals surface area contributed by atoms with Crippen LogP contribution in [0.25, 0.3) is 83.6 Å². The molecule has 4 nitrogen and oxygen atoms in total. The first-order valence-corrected chi connectivity index (χ1v) is 19.3. The monoisotopic (exact) mass is 710 g/mol. The zero-order valence-corrected chi connectivity index (χ0v) is 31.7. The number of nitrogens with zero attached hydrogens (tertiary/aromatic N) is 4. The Labute approximate surface area is 322 Å². The van der Waals surface area contributed by atoms with Gasteiger partial charge in [0.1, 0.15) is 0 Å². The van der Waals surface area contributed by atoms with E-state index in [2.05, 4.69) is 184 Å². The highest BCUT2D eigenvalue weighted by atomic mass is 15.0. The Kier molecular flexibility index (Phi) is 7.60. The topological polar surface area (TPSA) is 43.6 Å². The molecule has 0 bridgehead atoms. The van der Waals surface area contributed by atoms with Crippen molar-refractivity contribution in [1.29, 1.82) is 0 Å². The Bertz CT molecular complexity index is 2930. The summed E-state index contributed by atoms with van der Waals surface area (Å²) >= 11 is 0. The van der Waals surface area contributed by atoms with Crippen molar-refractivity contribution in [3.63, 3.8) is 0 Å². The van der Waals surface area contributed by atoms with Gasteiger partial charge in [0.15, 0.2) is 17.5 Å². The van der Waals surface area contributed by atoms with Gasteiger partial charge in [-0.3, -0.25) is 0 Å². The minimum Gasteiger partial charge on any atom is -0.309 e. The van der Waals surface area contributed by atoms with Gasteiger partial charge < -0.3 is 4.57 Å². The maximum absolute atomic E-state index is 5.24. The van der Waals surface area contributed by atoms with E-state index in [1.807, 2.05) is 6.07 Å². The molecule has 0 spiro atoms. The van der Waals surface area contributed by atoms with E-state index in [4.69, 9.17) is 15.0 Å². The van der Waals surface area contributed by atoms with E-state index in [0.29, 0.717) is 17.5 Å². The van der Waals surface area contributed by atoms with E-state index in [1.54, 1.807) is 0 Å². The molecular formula is C51H42N4. The molecule has 2 aromatic heterocycles. The molecule has 0 N–H and O–H groups in total. The average molecular weight is 711 g/mol. The minimum atomic E-state index is 0.0965. The van der Waals surface area contributed by atoms with Crippen molar-refractivity contribution in [2.45, 2.75) is 51.4 Å². The van der Waals surface area contributed by atoms with Crippen molar-refractivity contribution in [2.24, 2.45) is 0 Å². The minimum absolute atomic E-state index is 0.0965. The van der Waals surface area contributed by atoms with E-state index >= 15 is 0 Å². The second-order valence-electron chi connectivity index (χ2n) is 16.4. The predicted octanol–water partition coefficient (Wildman–Crippen LogP) is 13.1. The third-order valence-electron chi connectivity index (χ3n) is 11.9. The van der Waals surface area contributed by atoms with E-state index in [-0.39, 0.29) is 10.8 Å². The Morgan fingerprint density at radius 2 is 0.982 bits per heavy atom. The highest BCUT2D eigenvalue weighted by molar-refractivity contribution is 6.10. The van der Waals surface area contributed by atoms with Crippen LogP contribution in [0, 0.1) is 0 Å². The second kappa shape index (κ2) is 12.6. The number of aromatic nitrogens is 4. The first-order valence-electron chi connectivity index (χ1n) is 19.3. The largest absolute Gasteiger partial charge is 0.309 e. The molecule has 9 aromatic rings. The van der Waals surface area contributed by atoms with E-state index in [1.165, 1.54) is 45.8 Å². The molecule has 0 saturated heterocycles. The van der Waals surface area contributed by atoms with Gasteiger partial charge in [-0.2, -0.15) is 0 Å².